The van der Waals surface area contributed by atoms with Gasteiger partial charge in [0.2, 0.25) is 5.91 Å². The van der Waals surface area contributed by atoms with Crippen LogP contribution in [0.2, 0.25) is 10.0 Å². The van der Waals surface area contributed by atoms with Crippen LogP contribution < -0.4 is 14.5 Å². The Morgan fingerprint density at radius 3 is 2.20 bits per heavy atom. The lowest BCUT2D eigenvalue weighted by Crippen LogP contribution is -2.32. The first kappa shape index (κ1) is 24.3. The molecule has 2 aromatic rings. The number of hydrogen-bond acceptors (Lipinski definition) is 5. The van der Waals surface area contributed by atoms with Crippen LogP contribution in [0.25, 0.3) is 0 Å². The molecule has 0 aliphatic heterocycles. The molecule has 0 aromatic heterocycles. The van der Waals surface area contributed by atoms with E-state index in [2.05, 4.69) is 0 Å². The number of nitrogens with one attached hydrogen (secondary N) is 1. The van der Waals surface area contributed by atoms with Gasteiger partial charge >= 0.3 is 0 Å². The summed E-state index contributed by atoms with van der Waals surface area (Å²) in [6.07, 6.45) is 2.86. The molecule has 2 aromatic carbocycles. The number of carbonyl (C=O) groups excluding carboxylic acids is 1. The van der Waals surface area contributed by atoms with Gasteiger partial charge in [0.1, 0.15) is 5.75 Å². The molecule has 0 aliphatic rings. The minimum absolute atomic E-state index is 0.00966. The Balaban J connectivity index is 2.19. The summed E-state index contributed by atoms with van der Waals surface area (Å²) in [7, 11) is -2.37. The number of benzene rings is 2. The number of ether oxygens (including phenoxy) is 1. The van der Waals surface area contributed by atoms with Gasteiger partial charge in [0.25, 0.3) is 10.0 Å². The molecule has 0 bridgehead atoms. The van der Waals surface area contributed by atoms with Crippen molar-refractivity contribution >= 4 is 44.8 Å². The fourth-order valence-electron chi connectivity index (χ4n) is 2.89. The summed E-state index contributed by atoms with van der Waals surface area (Å²) in [6, 6.07) is 10.9. The molecule has 2 N–H and O–H groups in total. The first-order valence-electron chi connectivity index (χ1n) is 9.33. The van der Waals surface area contributed by atoms with Crippen molar-refractivity contribution in [3.63, 3.8) is 0 Å². The molecule has 0 aliphatic carbocycles. The number of carbonyl (C=O) groups is 1. The molecule has 0 atom stereocenters. The summed E-state index contributed by atoms with van der Waals surface area (Å²) >= 11 is 12.0. The number of nitrogens with zero attached hydrogens (tertiary/aromatic N) is 1. The molecule has 0 fully saturated rings. The highest BCUT2D eigenvalue weighted by molar-refractivity contribution is 7.92. The highest BCUT2D eigenvalue weighted by Crippen LogP contribution is 2.29. The predicted molar refractivity (Wildman–Crippen MR) is 117 cm³/mol. The summed E-state index contributed by atoms with van der Waals surface area (Å²) in [5.41, 5.74) is 2.09. The van der Waals surface area contributed by atoms with Gasteiger partial charge in [0, 0.05) is 23.0 Å². The molecule has 2 rings (SSSR count). The van der Waals surface area contributed by atoms with Gasteiger partial charge in [-0.2, -0.15) is 0 Å². The van der Waals surface area contributed by atoms with Crippen LogP contribution in [0.15, 0.2) is 47.4 Å². The Morgan fingerprint density at radius 1 is 1.03 bits per heavy atom. The highest BCUT2D eigenvalue weighted by atomic mass is 35.5. The summed E-state index contributed by atoms with van der Waals surface area (Å²) < 4.78 is 33.1. The van der Waals surface area contributed by atoms with E-state index in [0.29, 0.717) is 24.3 Å². The Kier molecular flexibility index (Phi) is 9.23. The second kappa shape index (κ2) is 11.4. The lowest BCUT2D eigenvalue weighted by molar-refractivity contribution is -0.129. The van der Waals surface area contributed by atoms with Crippen molar-refractivity contribution in [2.24, 2.45) is 0 Å². The molecule has 0 spiro atoms. The Bertz CT molecular complexity index is 932. The summed E-state index contributed by atoms with van der Waals surface area (Å²) in [5, 5.41) is 8.98. The van der Waals surface area contributed by atoms with Gasteiger partial charge in [0.05, 0.1) is 17.7 Å². The molecule has 0 saturated carbocycles. The lowest BCUT2D eigenvalue weighted by Gasteiger charge is -2.25. The van der Waals surface area contributed by atoms with Crippen LogP contribution >= 0.6 is 23.2 Å². The van der Waals surface area contributed by atoms with Gasteiger partial charge in [-0.15, -0.1) is 0 Å². The maximum atomic E-state index is 13.3. The minimum Gasteiger partial charge on any atom is -0.497 e. The number of unbranched alkanes of at least 4 members (excludes halogenated alkanes) is 3. The Labute approximate surface area is 186 Å². The van der Waals surface area contributed by atoms with E-state index in [1.165, 1.54) is 29.6 Å². The van der Waals surface area contributed by atoms with Crippen molar-refractivity contribution in [3.8, 4) is 5.75 Å². The average Bonchev–Trinajstić information content (AvgIpc) is 2.72. The second-order valence-electron chi connectivity index (χ2n) is 6.58. The first-order chi connectivity index (χ1) is 14.3. The van der Waals surface area contributed by atoms with Crippen molar-refractivity contribution in [1.82, 2.24) is 5.48 Å². The maximum Gasteiger partial charge on any atom is 0.264 e. The van der Waals surface area contributed by atoms with Gasteiger partial charge < -0.3 is 4.74 Å². The molecule has 30 heavy (non-hydrogen) atoms. The van der Waals surface area contributed by atoms with Crippen molar-refractivity contribution in [3.05, 3.63) is 52.5 Å². The summed E-state index contributed by atoms with van der Waals surface area (Å²) in [6.45, 7) is 0.241. The molecular formula is C20H24Cl2N2O5S. The van der Waals surface area contributed by atoms with Crippen molar-refractivity contribution < 1.29 is 23.2 Å². The third-order valence-electron chi connectivity index (χ3n) is 4.42. The molecule has 0 saturated heterocycles. The van der Waals surface area contributed by atoms with Crippen LogP contribution in [-0.4, -0.2) is 33.2 Å². The first-order valence-corrected chi connectivity index (χ1v) is 11.5. The number of hydroxylamine groups is 1. The van der Waals surface area contributed by atoms with E-state index in [1.54, 1.807) is 29.7 Å². The van der Waals surface area contributed by atoms with Crippen LogP contribution in [0.1, 0.15) is 32.1 Å². The van der Waals surface area contributed by atoms with Crippen LogP contribution in [0.4, 0.5) is 5.69 Å². The third-order valence-corrected chi connectivity index (χ3v) is 6.67. The number of methoxy groups -OCH3 is 1. The molecule has 7 nitrogen and oxygen atoms in total. The van der Waals surface area contributed by atoms with E-state index in [0.717, 1.165) is 12.8 Å². The van der Waals surface area contributed by atoms with E-state index in [-0.39, 0.29) is 27.9 Å². The van der Waals surface area contributed by atoms with Gasteiger partial charge in [-0.25, -0.2) is 13.9 Å². The van der Waals surface area contributed by atoms with Gasteiger partial charge in [0.15, 0.2) is 0 Å². The van der Waals surface area contributed by atoms with Crippen LogP contribution in [0.3, 0.4) is 0 Å². The Hall–Kier alpha value is -2.00. The third kappa shape index (κ3) is 6.77. The van der Waals surface area contributed by atoms with E-state index in [9.17, 15) is 13.2 Å². The highest BCUT2D eigenvalue weighted by Gasteiger charge is 2.25. The molecule has 164 valence electrons. The topological polar surface area (TPSA) is 95.9 Å². The zero-order valence-corrected chi connectivity index (χ0v) is 18.8. The smallest absolute Gasteiger partial charge is 0.264 e. The number of halogens is 2. The molecule has 0 heterocycles. The molecule has 0 radical (unpaired) electrons. The van der Waals surface area contributed by atoms with Crippen LogP contribution in [0.5, 0.6) is 5.75 Å². The zero-order chi connectivity index (χ0) is 22.1. The Morgan fingerprint density at radius 2 is 1.63 bits per heavy atom. The number of rotatable bonds is 11. The van der Waals surface area contributed by atoms with Gasteiger partial charge in [-0.05, 0) is 55.3 Å². The van der Waals surface area contributed by atoms with Crippen molar-refractivity contribution in [2.45, 2.75) is 37.0 Å². The standard InChI is InChI=1S/C20H24Cl2N2O5S/c1-29-18-9-7-17(8-10-18)24(11-5-3-2-4-6-20(25)23-26)30(27,28)19-13-15(21)12-16(22)14-19/h7-10,12-14,26H,2-6,11H2,1H3,(H,23,25). The van der Waals surface area contributed by atoms with Crippen molar-refractivity contribution in [2.75, 3.05) is 18.0 Å². The number of sulfonamides is 1. The van der Waals surface area contributed by atoms with Crippen LogP contribution in [-0.2, 0) is 14.8 Å². The number of anilines is 1. The van der Waals surface area contributed by atoms with E-state index < -0.39 is 15.9 Å². The largest absolute Gasteiger partial charge is 0.497 e. The zero-order valence-electron chi connectivity index (χ0n) is 16.5. The number of hydrogen-bond donors (Lipinski definition) is 2. The number of amides is 1. The van der Waals surface area contributed by atoms with Crippen molar-refractivity contribution in [1.29, 1.82) is 0 Å². The van der Waals surface area contributed by atoms with E-state index in [4.69, 9.17) is 33.1 Å². The monoisotopic (exact) mass is 474 g/mol. The fraction of sp³-hybridized carbons (Fsp3) is 0.350. The minimum atomic E-state index is -3.90. The van der Waals surface area contributed by atoms with Crippen LogP contribution in [0, 0.1) is 0 Å². The predicted octanol–water partition coefficient (Wildman–Crippen LogP) is 4.65. The second-order valence-corrected chi connectivity index (χ2v) is 9.31. The van der Waals surface area contributed by atoms with Gasteiger partial charge in [-0.3, -0.25) is 14.3 Å². The molecule has 1 amide bonds. The quantitative estimate of drug-likeness (QED) is 0.280. The van der Waals surface area contributed by atoms with E-state index in [1.807, 2.05) is 0 Å². The SMILES string of the molecule is COc1ccc(N(CCCCCCC(=O)NO)S(=O)(=O)c2cc(Cl)cc(Cl)c2)cc1. The normalized spacial score (nSPS) is 11.2. The fourth-order valence-corrected chi connectivity index (χ4v) is 5.12. The molecule has 10 heteroatoms. The average molecular weight is 475 g/mol. The van der Waals surface area contributed by atoms with Gasteiger partial charge in [-0.1, -0.05) is 36.0 Å². The van der Waals surface area contributed by atoms with E-state index >= 15 is 0 Å². The summed E-state index contributed by atoms with van der Waals surface area (Å²) in [5.74, 6) is 0.180. The maximum absolute atomic E-state index is 13.3. The molecule has 0 unspecified atom stereocenters. The summed E-state index contributed by atoms with van der Waals surface area (Å²) in [4.78, 5) is 11.1. The lowest BCUT2D eigenvalue weighted by atomic mass is 10.1. The molecular weight excluding hydrogens is 451 g/mol.